The number of phenols is 1. The molecule has 146 valence electrons. The Morgan fingerprint density at radius 1 is 1.37 bits per heavy atom. The zero-order valence-corrected chi connectivity index (χ0v) is 15.7. The van der Waals surface area contributed by atoms with Gasteiger partial charge in [0.2, 0.25) is 0 Å². The molecule has 3 rings (SSSR count). The summed E-state index contributed by atoms with van der Waals surface area (Å²) >= 11 is 0. The summed E-state index contributed by atoms with van der Waals surface area (Å²) in [6.07, 6.45) is 3.18. The highest BCUT2D eigenvalue weighted by Crippen LogP contribution is 2.42. The molecule has 1 heterocycles. The topological polar surface area (TPSA) is 102 Å². The summed E-state index contributed by atoms with van der Waals surface area (Å²) in [4.78, 5) is 22.8. The molecule has 0 radical (unpaired) electrons. The second-order valence-electron chi connectivity index (χ2n) is 7.03. The first kappa shape index (κ1) is 19.1. The lowest BCUT2D eigenvalue weighted by Crippen LogP contribution is -2.22. The predicted octanol–water partition coefficient (Wildman–Crippen LogP) is 3.73. The fraction of sp³-hybridized carbons (Fsp3) is 0.500. The lowest BCUT2D eigenvalue weighted by atomic mass is 9.92. The van der Waals surface area contributed by atoms with Crippen LogP contribution in [0, 0.1) is 12.8 Å². The Balaban J connectivity index is 1.90. The van der Waals surface area contributed by atoms with E-state index in [0.29, 0.717) is 29.7 Å². The van der Waals surface area contributed by atoms with Crippen molar-refractivity contribution in [3.63, 3.8) is 0 Å². The van der Waals surface area contributed by atoms with Crippen LogP contribution in [0.2, 0.25) is 0 Å². The molecule has 1 aliphatic heterocycles. The van der Waals surface area contributed by atoms with Crippen LogP contribution in [0.25, 0.3) is 0 Å². The Bertz CT molecular complexity index is 809. The largest absolute Gasteiger partial charge is 0.507 e. The number of aromatic hydroxyl groups is 1. The van der Waals surface area contributed by atoms with Gasteiger partial charge >= 0.3 is 12.1 Å². The lowest BCUT2D eigenvalue weighted by Gasteiger charge is -2.20. The third-order valence-electron chi connectivity index (χ3n) is 5.57. The van der Waals surface area contributed by atoms with Gasteiger partial charge < -0.3 is 24.4 Å². The minimum Gasteiger partial charge on any atom is -0.507 e. The number of hydrogen-bond acceptors (Lipinski definition) is 6. The summed E-state index contributed by atoms with van der Waals surface area (Å²) in [6, 6.07) is 0. The number of phenolic OH excluding ortho intramolecular Hbond substituents is 1. The van der Waals surface area contributed by atoms with Crippen molar-refractivity contribution < 1.29 is 34.0 Å². The van der Waals surface area contributed by atoms with Gasteiger partial charge in [-0.25, -0.2) is 9.59 Å². The molecule has 1 aromatic carbocycles. The molecule has 1 aromatic rings. The number of esters is 1. The SMILES string of the molecule is COc1c(C)c2c(c(O)c1C/C=C(\C)C1CCCC1OC(=O)O)C(=O)OC2. The Morgan fingerprint density at radius 3 is 2.78 bits per heavy atom. The second-order valence-corrected chi connectivity index (χ2v) is 7.03. The van der Waals surface area contributed by atoms with Gasteiger partial charge in [-0.1, -0.05) is 11.6 Å². The maximum Gasteiger partial charge on any atom is 0.506 e. The van der Waals surface area contributed by atoms with E-state index in [-0.39, 0.29) is 29.9 Å². The Kier molecular flexibility index (Phi) is 5.30. The molecular formula is C20H24O7. The number of carbonyl (C=O) groups is 2. The number of rotatable bonds is 5. The molecule has 7 nitrogen and oxygen atoms in total. The van der Waals surface area contributed by atoms with Crippen molar-refractivity contribution >= 4 is 12.1 Å². The van der Waals surface area contributed by atoms with Crippen molar-refractivity contribution in [2.45, 2.75) is 52.2 Å². The van der Waals surface area contributed by atoms with Crippen LogP contribution in [-0.2, 0) is 22.5 Å². The van der Waals surface area contributed by atoms with Crippen LogP contribution >= 0.6 is 0 Å². The van der Waals surface area contributed by atoms with Crippen molar-refractivity contribution in [3.8, 4) is 11.5 Å². The fourth-order valence-corrected chi connectivity index (χ4v) is 4.16. The first-order valence-electron chi connectivity index (χ1n) is 8.99. The molecule has 2 atom stereocenters. The number of ether oxygens (including phenoxy) is 3. The number of cyclic esters (lactones) is 1. The molecule has 2 N–H and O–H groups in total. The molecule has 0 spiro atoms. The number of fused-ring (bicyclic) bond motifs is 1. The van der Waals surface area contributed by atoms with Crippen molar-refractivity contribution in [2.24, 2.45) is 5.92 Å². The van der Waals surface area contributed by atoms with E-state index in [1.165, 1.54) is 7.11 Å². The van der Waals surface area contributed by atoms with Gasteiger partial charge in [0.1, 0.15) is 29.8 Å². The highest BCUT2D eigenvalue weighted by atomic mass is 16.7. The third kappa shape index (κ3) is 3.46. The van der Waals surface area contributed by atoms with E-state index in [1.807, 2.05) is 19.9 Å². The van der Waals surface area contributed by atoms with E-state index in [4.69, 9.17) is 19.3 Å². The summed E-state index contributed by atoms with van der Waals surface area (Å²) in [6.45, 7) is 3.91. The molecule has 0 saturated heterocycles. The van der Waals surface area contributed by atoms with Crippen LogP contribution in [0.5, 0.6) is 11.5 Å². The summed E-state index contributed by atoms with van der Waals surface area (Å²) in [7, 11) is 1.53. The van der Waals surface area contributed by atoms with Gasteiger partial charge in [0.05, 0.1) is 7.11 Å². The van der Waals surface area contributed by atoms with Crippen LogP contribution in [0.3, 0.4) is 0 Å². The zero-order valence-electron chi connectivity index (χ0n) is 15.7. The summed E-state index contributed by atoms with van der Waals surface area (Å²) in [5.41, 5.74) is 3.18. The van der Waals surface area contributed by atoms with E-state index >= 15 is 0 Å². The number of methoxy groups -OCH3 is 1. The Hall–Kier alpha value is -2.70. The number of allylic oxidation sites excluding steroid dienone is 1. The Morgan fingerprint density at radius 2 is 2.11 bits per heavy atom. The highest BCUT2D eigenvalue weighted by Gasteiger charge is 2.33. The van der Waals surface area contributed by atoms with E-state index < -0.39 is 12.1 Å². The normalized spacial score (nSPS) is 21.7. The molecule has 1 saturated carbocycles. The highest BCUT2D eigenvalue weighted by molar-refractivity contribution is 5.98. The zero-order chi connectivity index (χ0) is 19.7. The average Bonchev–Trinajstić information content (AvgIpc) is 3.22. The lowest BCUT2D eigenvalue weighted by molar-refractivity contribution is 0.0414. The van der Waals surface area contributed by atoms with Crippen LogP contribution < -0.4 is 4.74 Å². The van der Waals surface area contributed by atoms with Crippen molar-refractivity contribution in [1.82, 2.24) is 0 Å². The second kappa shape index (κ2) is 7.50. The van der Waals surface area contributed by atoms with E-state index in [9.17, 15) is 14.7 Å². The molecule has 27 heavy (non-hydrogen) atoms. The first-order chi connectivity index (χ1) is 12.8. The third-order valence-corrected chi connectivity index (χ3v) is 5.57. The first-order valence-corrected chi connectivity index (χ1v) is 8.99. The number of hydrogen-bond donors (Lipinski definition) is 2. The molecule has 7 heteroatoms. The summed E-state index contributed by atoms with van der Waals surface area (Å²) in [5, 5.41) is 19.5. The standard InChI is InChI=1S/C20H24O7/c1-10(12-5-4-6-15(12)27-20(23)24)7-8-13-17(21)16-14(9-26-19(16)22)11(2)18(13)25-3/h7,12,15,21H,4-6,8-9H2,1-3H3,(H,23,24)/b10-7+. The van der Waals surface area contributed by atoms with Crippen LogP contribution in [-0.4, -0.2) is 35.6 Å². The molecule has 1 fully saturated rings. The molecule has 0 aromatic heterocycles. The van der Waals surface area contributed by atoms with Crippen molar-refractivity contribution in [3.05, 3.63) is 33.9 Å². The maximum atomic E-state index is 12.0. The Labute approximate surface area is 157 Å². The van der Waals surface area contributed by atoms with E-state index in [1.54, 1.807) is 0 Å². The van der Waals surface area contributed by atoms with Crippen LogP contribution in [0.4, 0.5) is 4.79 Å². The van der Waals surface area contributed by atoms with Gasteiger partial charge in [0.25, 0.3) is 0 Å². The van der Waals surface area contributed by atoms with Gasteiger partial charge in [0.15, 0.2) is 0 Å². The van der Waals surface area contributed by atoms with E-state index in [0.717, 1.165) is 24.0 Å². The number of benzene rings is 1. The summed E-state index contributed by atoms with van der Waals surface area (Å²) < 4.78 is 15.5. The van der Waals surface area contributed by atoms with E-state index in [2.05, 4.69) is 0 Å². The minimum absolute atomic E-state index is 0.0229. The quantitative estimate of drug-likeness (QED) is 0.596. The average molecular weight is 376 g/mol. The monoisotopic (exact) mass is 376 g/mol. The molecule has 1 aliphatic carbocycles. The molecule has 0 amide bonds. The number of carboxylic acid groups (broad SMARTS) is 1. The van der Waals surface area contributed by atoms with Gasteiger partial charge in [-0.05, 0) is 45.1 Å². The van der Waals surface area contributed by atoms with Crippen molar-refractivity contribution in [2.75, 3.05) is 7.11 Å². The van der Waals surface area contributed by atoms with Crippen molar-refractivity contribution in [1.29, 1.82) is 0 Å². The predicted molar refractivity (Wildman–Crippen MR) is 96.2 cm³/mol. The molecule has 2 aliphatic rings. The summed E-state index contributed by atoms with van der Waals surface area (Å²) in [5.74, 6) is -0.0715. The van der Waals surface area contributed by atoms with Crippen LogP contribution in [0.15, 0.2) is 11.6 Å². The van der Waals surface area contributed by atoms with Gasteiger partial charge in [-0.15, -0.1) is 0 Å². The minimum atomic E-state index is -1.26. The fourth-order valence-electron chi connectivity index (χ4n) is 4.16. The maximum absolute atomic E-state index is 12.0. The van der Waals surface area contributed by atoms with Gasteiger partial charge in [-0.2, -0.15) is 0 Å². The molecular weight excluding hydrogens is 352 g/mol. The molecule has 2 unspecified atom stereocenters. The molecule has 0 bridgehead atoms. The van der Waals surface area contributed by atoms with Gasteiger partial charge in [-0.3, -0.25) is 0 Å². The van der Waals surface area contributed by atoms with Crippen LogP contribution in [0.1, 0.15) is 53.2 Å². The smallest absolute Gasteiger partial charge is 0.506 e. The van der Waals surface area contributed by atoms with Gasteiger partial charge in [0, 0.05) is 17.0 Å². The number of carbonyl (C=O) groups excluding carboxylic acids is 1.